The summed E-state index contributed by atoms with van der Waals surface area (Å²) in [5.74, 6) is -0.0274. The molecular formula is C20H17NO5S. The third-order valence-electron chi connectivity index (χ3n) is 4.42. The van der Waals surface area contributed by atoms with Crippen LogP contribution in [0.15, 0.2) is 70.2 Å². The highest BCUT2D eigenvalue weighted by molar-refractivity contribution is 7.87. The average Bonchev–Trinajstić information content (AvgIpc) is 3.34. The van der Waals surface area contributed by atoms with Crippen molar-refractivity contribution in [3.63, 3.8) is 0 Å². The highest BCUT2D eigenvalue weighted by Gasteiger charge is 2.20. The Balaban J connectivity index is 1.47. The Morgan fingerprint density at radius 1 is 1.00 bits per heavy atom. The van der Waals surface area contributed by atoms with Gasteiger partial charge in [0.2, 0.25) is 0 Å². The number of fused-ring (bicyclic) bond motifs is 1. The minimum absolute atomic E-state index is 0.151. The van der Waals surface area contributed by atoms with Gasteiger partial charge in [0.15, 0.2) is 5.76 Å². The van der Waals surface area contributed by atoms with Crippen LogP contribution in [0.5, 0.6) is 5.75 Å². The molecule has 2 aromatic carbocycles. The summed E-state index contributed by atoms with van der Waals surface area (Å²) in [6.45, 7) is 0. The molecule has 0 bridgehead atoms. The van der Waals surface area contributed by atoms with Gasteiger partial charge in [0.05, 0.1) is 6.26 Å². The van der Waals surface area contributed by atoms with E-state index in [1.165, 1.54) is 24.0 Å². The molecule has 138 valence electrons. The van der Waals surface area contributed by atoms with Crippen molar-refractivity contribution in [1.82, 2.24) is 0 Å². The summed E-state index contributed by atoms with van der Waals surface area (Å²) in [5, 5.41) is 2.66. The first kappa shape index (κ1) is 17.4. The van der Waals surface area contributed by atoms with Gasteiger partial charge in [-0.3, -0.25) is 4.79 Å². The van der Waals surface area contributed by atoms with E-state index in [9.17, 15) is 13.2 Å². The fourth-order valence-corrected chi connectivity index (χ4v) is 4.05. The predicted octanol–water partition coefficient (Wildman–Crippen LogP) is 3.79. The van der Waals surface area contributed by atoms with Crippen molar-refractivity contribution < 1.29 is 21.8 Å². The molecule has 6 nitrogen and oxygen atoms in total. The van der Waals surface area contributed by atoms with Crippen molar-refractivity contribution in [1.29, 1.82) is 0 Å². The number of aryl methyl sites for hydroxylation is 2. The maximum Gasteiger partial charge on any atom is 0.339 e. The van der Waals surface area contributed by atoms with Gasteiger partial charge in [0.1, 0.15) is 10.6 Å². The molecule has 1 N–H and O–H groups in total. The second kappa shape index (κ2) is 6.92. The second-order valence-electron chi connectivity index (χ2n) is 6.28. The molecule has 1 aliphatic carbocycles. The summed E-state index contributed by atoms with van der Waals surface area (Å²) in [6, 6.07) is 14.4. The van der Waals surface area contributed by atoms with Gasteiger partial charge in [-0.15, -0.1) is 0 Å². The lowest BCUT2D eigenvalue weighted by molar-refractivity contribution is 0.0996. The molecule has 4 rings (SSSR count). The highest BCUT2D eigenvalue weighted by atomic mass is 32.2. The normalized spacial score (nSPS) is 13.2. The number of rotatable bonds is 5. The van der Waals surface area contributed by atoms with Crippen LogP contribution in [0.2, 0.25) is 0 Å². The van der Waals surface area contributed by atoms with E-state index >= 15 is 0 Å². The number of carbonyl (C=O) groups is 1. The van der Waals surface area contributed by atoms with Gasteiger partial charge in [-0.1, -0.05) is 6.07 Å². The van der Waals surface area contributed by atoms with Gasteiger partial charge in [0, 0.05) is 5.69 Å². The zero-order valence-electron chi connectivity index (χ0n) is 14.3. The molecule has 1 amide bonds. The minimum atomic E-state index is -3.91. The lowest BCUT2D eigenvalue weighted by Gasteiger charge is -2.09. The minimum Gasteiger partial charge on any atom is -0.459 e. The molecule has 0 saturated carbocycles. The van der Waals surface area contributed by atoms with Gasteiger partial charge in [-0.25, -0.2) is 0 Å². The van der Waals surface area contributed by atoms with Crippen molar-refractivity contribution in [2.24, 2.45) is 0 Å². The Hall–Kier alpha value is -3.06. The van der Waals surface area contributed by atoms with Crippen molar-refractivity contribution in [2.75, 3.05) is 5.32 Å². The Morgan fingerprint density at radius 3 is 2.52 bits per heavy atom. The molecule has 7 heteroatoms. The molecule has 1 heterocycles. The number of furan rings is 1. The van der Waals surface area contributed by atoms with Gasteiger partial charge >= 0.3 is 10.1 Å². The number of carbonyl (C=O) groups excluding carboxylic acids is 1. The third-order valence-corrected chi connectivity index (χ3v) is 5.66. The van der Waals surface area contributed by atoms with E-state index in [4.69, 9.17) is 8.60 Å². The van der Waals surface area contributed by atoms with Gasteiger partial charge in [-0.05, 0) is 78.9 Å². The molecule has 1 aliphatic rings. The number of hydrogen-bond donors (Lipinski definition) is 1. The van der Waals surface area contributed by atoms with E-state index in [1.54, 1.807) is 36.4 Å². The molecule has 0 radical (unpaired) electrons. The van der Waals surface area contributed by atoms with E-state index in [1.807, 2.05) is 6.07 Å². The summed E-state index contributed by atoms with van der Waals surface area (Å²) >= 11 is 0. The maximum absolute atomic E-state index is 12.5. The molecule has 0 spiro atoms. The zero-order chi connectivity index (χ0) is 18.9. The van der Waals surface area contributed by atoms with Crippen LogP contribution in [0.25, 0.3) is 0 Å². The molecule has 0 aliphatic heterocycles. The molecule has 0 unspecified atom stereocenters. The van der Waals surface area contributed by atoms with Crippen LogP contribution in [0.3, 0.4) is 0 Å². The quantitative estimate of drug-likeness (QED) is 0.678. The Labute approximate surface area is 156 Å². The van der Waals surface area contributed by atoms with Gasteiger partial charge in [-0.2, -0.15) is 8.42 Å². The van der Waals surface area contributed by atoms with Crippen LogP contribution >= 0.6 is 0 Å². The second-order valence-corrected chi connectivity index (χ2v) is 7.82. The van der Waals surface area contributed by atoms with E-state index in [2.05, 4.69) is 5.32 Å². The maximum atomic E-state index is 12.5. The molecule has 0 atom stereocenters. The zero-order valence-corrected chi connectivity index (χ0v) is 15.2. The number of amides is 1. The first-order chi connectivity index (χ1) is 13.0. The molecular weight excluding hydrogens is 366 g/mol. The average molecular weight is 383 g/mol. The van der Waals surface area contributed by atoms with Crippen molar-refractivity contribution in [3.05, 3.63) is 77.7 Å². The van der Waals surface area contributed by atoms with E-state index in [-0.39, 0.29) is 22.3 Å². The summed E-state index contributed by atoms with van der Waals surface area (Å²) < 4.78 is 35.3. The molecule has 1 aromatic heterocycles. The predicted molar refractivity (Wildman–Crippen MR) is 99.4 cm³/mol. The van der Waals surface area contributed by atoms with Crippen LogP contribution < -0.4 is 9.50 Å². The Morgan fingerprint density at radius 2 is 1.78 bits per heavy atom. The fraction of sp³-hybridized carbons (Fsp3) is 0.150. The lowest BCUT2D eigenvalue weighted by Crippen LogP contribution is -2.12. The monoisotopic (exact) mass is 383 g/mol. The van der Waals surface area contributed by atoms with Crippen LogP contribution in [0, 0.1) is 0 Å². The number of anilines is 1. The fourth-order valence-electron chi connectivity index (χ4n) is 3.07. The SMILES string of the molecule is O=C(Nc1ccc(OS(=O)(=O)c2ccc3c(c2)CCC3)cc1)c1ccco1. The Bertz CT molecular complexity index is 1070. The van der Waals surface area contributed by atoms with Crippen LogP contribution in [0.1, 0.15) is 28.1 Å². The van der Waals surface area contributed by atoms with E-state index < -0.39 is 10.1 Å². The number of benzene rings is 2. The number of hydrogen-bond acceptors (Lipinski definition) is 5. The first-order valence-corrected chi connectivity index (χ1v) is 9.93. The molecule has 3 aromatic rings. The topological polar surface area (TPSA) is 85.6 Å². The van der Waals surface area contributed by atoms with E-state index in [0.29, 0.717) is 5.69 Å². The van der Waals surface area contributed by atoms with Crippen LogP contribution in [-0.2, 0) is 23.0 Å². The van der Waals surface area contributed by atoms with Crippen molar-refractivity contribution >= 4 is 21.7 Å². The molecule has 0 saturated heterocycles. The summed E-state index contributed by atoms with van der Waals surface area (Å²) in [6.07, 6.45) is 4.34. The number of nitrogens with one attached hydrogen (secondary N) is 1. The van der Waals surface area contributed by atoms with Crippen LogP contribution in [0.4, 0.5) is 5.69 Å². The first-order valence-electron chi connectivity index (χ1n) is 8.52. The smallest absolute Gasteiger partial charge is 0.339 e. The molecule has 0 fully saturated rings. The van der Waals surface area contributed by atoms with E-state index in [0.717, 1.165) is 24.8 Å². The summed E-state index contributed by atoms with van der Waals surface area (Å²) in [4.78, 5) is 12.1. The standard InChI is InChI=1S/C20H17NO5S/c22-20(19-5-2-12-25-19)21-16-7-9-17(10-8-16)26-27(23,24)18-11-6-14-3-1-4-15(14)13-18/h2,5-13H,1,3-4H2,(H,21,22). The lowest BCUT2D eigenvalue weighted by atomic mass is 10.1. The van der Waals surface area contributed by atoms with Gasteiger partial charge < -0.3 is 13.9 Å². The van der Waals surface area contributed by atoms with Crippen molar-refractivity contribution in [3.8, 4) is 5.75 Å². The summed E-state index contributed by atoms with van der Waals surface area (Å²) in [7, 11) is -3.91. The van der Waals surface area contributed by atoms with Crippen molar-refractivity contribution in [2.45, 2.75) is 24.2 Å². The van der Waals surface area contributed by atoms with Gasteiger partial charge in [0.25, 0.3) is 5.91 Å². The third kappa shape index (κ3) is 3.73. The summed E-state index contributed by atoms with van der Waals surface area (Å²) in [5.41, 5.74) is 2.76. The van der Waals surface area contributed by atoms with Crippen LogP contribution in [-0.4, -0.2) is 14.3 Å². The molecule has 27 heavy (non-hydrogen) atoms. The highest BCUT2D eigenvalue weighted by Crippen LogP contribution is 2.27. The largest absolute Gasteiger partial charge is 0.459 e. The Kier molecular flexibility index (Phi) is 4.45.